The Labute approximate surface area is 210 Å². The van der Waals surface area contributed by atoms with Crippen LogP contribution in [0.5, 0.6) is 5.75 Å². The number of urea groups is 1. The summed E-state index contributed by atoms with van der Waals surface area (Å²) in [5, 5.41) is 16.1. The molecule has 1 aromatic carbocycles. The molecule has 0 radical (unpaired) electrons. The lowest BCUT2D eigenvalue weighted by Gasteiger charge is -2.50. The van der Waals surface area contributed by atoms with Crippen LogP contribution in [-0.2, 0) is 11.2 Å². The van der Waals surface area contributed by atoms with Gasteiger partial charge in [0.2, 0.25) is 0 Å². The van der Waals surface area contributed by atoms with Crippen molar-refractivity contribution in [2.75, 3.05) is 13.1 Å². The molecule has 3 saturated carbocycles. The van der Waals surface area contributed by atoms with Gasteiger partial charge < -0.3 is 15.7 Å². The number of fused-ring (bicyclic) bond motifs is 5. The summed E-state index contributed by atoms with van der Waals surface area (Å²) in [6.07, 6.45) is 14.5. The van der Waals surface area contributed by atoms with E-state index in [0.29, 0.717) is 47.7 Å². The standard InChI is InChI=1S/C30H44N2O3/c1-30-15-14-25-24-13-11-23(33)17-21(24)10-12-26(25)28(30)22(18-27(30)34)9-5-6-16-31-29(35)32-19-20-7-3-2-4-8-20/h11,13,17,20,22,25-26,28,33H,2-10,12,14-16,18-19H2,1H3,(H2,31,32,35)/t22-,25+,26+,28-,30+/m0/s1. The summed E-state index contributed by atoms with van der Waals surface area (Å²) < 4.78 is 0. The Hall–Kier alpha value is -2.04. The lowest BCUT2D eigenvalue weighted by Crippen LogP contribution is -2.44. The molecule has 5 heteroatoms. The number of ketones is 1. The first-order chi connectivity index (χ1) is 17.0. The molecular weight excluding hydrogens is 436 g/mol. The van der Waals surface area contributed by atoms with Gasteiger partial charge in [-0.2, -0.15) is 0 Å². The number of aromatic hydroxyl groups is 1. The van der Waals surface area contributed by atoms with E-state index in [4.69, 9.17) is 0 Å². The van der Waals surface area contributed by atoms with E-state index >= 15 is 0 Å². The molecule has 192 valence electrons. The van der Waals surface area contributed by atoms with Crippen LogP contribution in [0.2, 0.25) is 0 Å². The molecule has 3 N–H and O–H groups in total. The van der Waals surface area contributed by atoms with Gasteiger partial charge in [-0.05, 0) is 104 Å². The summed E-state index contributed by atoms with van der Waals surface area (Å²) in [7, 11) is 0. The van der Waals surface area contributed by atoms with E-state index < -0.39 is 0 Å². The van der Waals surface area contributed by atoms with Crippen molar-refractivity contribution >= 4 is 11.8 Å². The predicted octanol–water partition coefficient (Wildman–Crippen LogP) is 6.09. The highest BCUT2D eigenvalue weighted by Gasteiger charge is 2.58. The van der Waals surface area contributed by atoms with E-state index in [1.165, 1.54) is 43.2 Å². The highest BCUT2D eigenvalue weighted by molar-refractivity contribution is 5.87. The molecule has 0 unspecified atom stereocenters. The second kappa shape index (κ2) is 10.5. The molecule has 0 aliphatic heterocycles. The number of carbonyl (C=O) groups excluding carboxylic acids is 2. The van der Waals surface area contributed by atoms with Crippen molar-refractivity contribution in [3.8, 4) is 5.75 Å². The van der Waals surface area contributed by atoms with Gasteiger partial charge in [-0.25, -0.2) is 4.79 Å². The quantitative estimate of drug-likeness (QED) is 0.413. The highest BCUT2D eigenvalue weighted by Crippen LogP contribution is 2.62. The Morgan fingerprint density at radius 1 is 1.09 bits per heavy atom. The number of nitrogens with one attached hydrogen (secondary N) is 2. The summed E-state index contributed by atoms with van der Waals surface area (Å²) in [6.45, 7) is 3.77. The molecule has 4 aliphatic rings. The molecule has 0 heterocycles. The van der Waals surface area contributed by atoms with Crippen LogP contribution in [0.1, 0.15) is 101 Å². The smallest absolute Gasteiger partial charge is 0.314 e. The van der Waals surface area contributed by atoms with E-state index in [-0.39, 0.29) is 11.4 Å². The maximum Gasteiger partial charge on any atom is 0.314 e. The van der Waals surface area contributed by atoms with E-state index in [2.05, 4.69) is 23.6 Å². The van der Waals surface area contributed by atoms with Gasteiger partial charge in [-0.15, -0.1) is 0 Å². The molecule has 2 amide bonds. The minimum absolute atomic E-state index is 0.0266. The number of unbranched alkanes of at least 4 members (excludes halogenated alkanes) is 1. The van der Waals surface area contributed by atoms with E-state index in [0.717, 1.165) is 57.9 Å². The lowest BCUT2D eigenvalue weighted by molar-refractivity contribution is -0.129. The molecule has 4 aliphatic carbocycles. The molecule has 0 bridgehead atoms. The third-order valence-corrected chi connectivity index (χ3v) is 10.1. The predicted molar refractivity (Wildman–Crippen MR) is 138 cm³/mol. The third kappa shape index (κ3) is 5.11. The van der Waals surface area contributed by atoms with Gasteiger partial charge in [0, 0.05) is 24.9 Å². The Bertz CT molecular complexity index is 924. The van der Waals surface area contributed by atoms with Gasteiger partial charge in [-0.1, -0.05) is 38.7 Å². The Balaban J connectivity index is 1.12. The Morgan fingerprint density at radius 3 is 2.74 bits per heavy atom. The molecule has 5 atom stereocenters. The number of carbonyl (C=O) groups is 2. The summed E-state index contributed by atoms with van der Waals surface area (Å²) in [6, 6.07) is 5.90. The van der Waals surface area contributed by atoms with Crippen LogP contribution < -0.4 is 10.6 Å². The van der Waals surface area contributed by atoms with Crippen LogP contribution in [0.3, 0.4) is 0 Å². The van der Waals surface area contributed by atoms with E-state index in [1.54, 1.807) is 0 Å². The number of Topliss-reactive ketones (excluding diaryl/α,β-unsaturated/α-hetero) is 1. The summed E-state index contributed by atoms with van der Waals surface area (Å²) >= 11 is 0. The second-order valence-electron chi connectivity index (χ2n) is 12.2. The van der Waals surface area contributed by atoms with Crippen molar-refractivity contribution < 1.29 is 14.7 Å². The molecule has 0 spiro atoms. The first-order valence-electron chi connectivity index (χ1n) is 14.3. The maximum absolute atomic E-state index is 13.2. The maximum atomic E-state index is 13.2. The zero-order valence-electron chi connectivity index (χ0n) is 21.5. The number of phenols is 1. The number of benzene rings is 1. The number of phenolic OH excluding ortho intramolecular Hbond substituents is 1. The molecule has 3 fully saturated rings. The van der Waals surface area contributed by atoms with Crippen molar-refractivity contribution in [1.82, 2.24) is 10.6 Å². The van der Waals surface area contributed by atoms with Crippen LogP contribution in [-0.4, -0.2) is 30.0 Å². The molecule has 0 aromatic heterocycles. The van der Waals surface area contributed by atoms with Crippen LogP contribution >= 0.6 is 0 Å². The van der Waals surface area contributed by atoms with Gasteiger partial charge in [0.25, 0.3) is 0 Å². The van der Waals surface area contributed by atoms with Crippen LogP contribution in [0.15, 0.2) is 18.2 Å². The number of aryl methyl sites for hydroxylation is 1. The SMILES string of the molecule is C[C@]12CC[C@@H]3c4ccc(O)cc4CC[C@H]3[C@@H]1[C@@H](CCCCNC(=O)NCC1CCCCC1)CC2=O. The Kier molecular flexibility index (Phi) is 7.41. The fourth-order valence-electron chi connectivity index (χ4n) is 8.32. The average molecular weight is 481 g/mol. The van der Waals surface area contributed by atoms with Gasteiger partial charge in [0.15, 0.2) is 0 Å². The van der Waals surface area contributed by atoms with Crippen LogP contribution in [0.4, 0.5) is 4.79 Å². The topological polar surface area (TPSA) is 78.4 Å². The fraction of sp³-hybridized carbons (Fsp3) is 0.733. The molecule has 0 saturated heterocycles. The van der Waals surface area contributed by atoms with Gasteiger partial charge in [0.05, 0.1) is 0 Å². The highest BCUT2D eigenvalue weighted by atomic mass is 16.3. The molecule has 1 aromatic rings. The lowest BCUT2D eigenvalue weighted by atomic mass is 9.54. The molecular formula is C30H44N2O3. The minimum Gasteiger partial charge on any atom is -0.508 e. The van der Waals surface area contributed by atoms with Gasteiger partial charge in [-0.3, -0.25) is 4.79 Å². The van der Waals surface area contributed by atoms with Crippen molar-refractivity contribution in [1.29, 1.82) is 0 Å². The average Bonchev–Trinajstić information content (AvgIpc) is 3.12. The number of hydrogen-bond acceptors (Lipinski definition) is 3. The van der Waals surface area contributed by atoms with E-state index in [1.807, 2.05) is 12.1 Å². The largest absolute Gasteiger partial charge is 0.508 e. The van der Waals surface area contributed by atoms with Crippen molar-refractivity contribution in [3.05, 3.63) is 29.3 Å². The number of hydrogen-bond donors (Lipinski definition) is 3. The molecule has 35 heavy (non-hydrogen) atoms. The summed E-state index contributed by atoms with van der Waals surface area (Å²) in [5.41, 5.74) is 2.57. The minimum atomic E-state index is -0.155. The number of rotatable bonds is 7. The first-order valence-corrected chi connectivity index (χ1v) is 14.3. The Morgan fingerprint density at radius 2 is 1.91 bits per heavy atom. The zero-order chi connectivity index (χ0) is 24.4. The van der Waals surface area contributed by atoms with Crippen molar-refractivity contribution in [2.24, 2.45) is 29.1 Å². The van der Waals surface area contributed by atoms with Gasteiger partial charge in [0.1, 0.15) is 11.5 Å². The second-order valence-corrected chi connectivity index (χ2v) is 12.2. The third-order valence-electron chi connectivity index (χ3n) is 10.1. The van der Waals surface area contributed by atoms with Crippen LogP contribution in [0, 0.1) is 29.1 Å². The first kappa shape index (κ1) is 24.6. The fourth-order valence-corrected chi connectivity index (χ4v) is 8.32. The van der Waals surface area contributed by atoms with Crippen LogP contribution in [0.25, 0.3) is 0 Å². The van der Waals surface area contributed by atoms with Gasteiger partial charge >= 0.3 is 6.03 Å². The monoisotopic (exact) mass is 480 g/mol. The normalized spacial score (nSPS) is 32.4. The summed E-state index contributed by atoms with van der Waals surface area (Å²) in [5.74, 6) is 3.56. The summed E-state index contributed by atoms with van der Waals surface area (Å²) in [4.78, 5) is 25.4. The molecule has 5 rings (SSSR count). The molecule has 5 nitrogen and oxygen atoms in total. The number of amides is 2. The van der Waals surface area contributed by atoms with E-state index in [9.17, 15) is 14.7 Å². The zero-order valence-corrected chi connectivity index (χ0v) is 21.5. The van der Waals surface area contributed by atoms with Crippen molar-refractivity contribution in [3.63, 3.8) is 0 Å². The van der Waals surface area contributed by atoms with Crippen molar-refractivity contribution in [2.45, 2.75) is 96.3 Å².